The molecule has 204 valence electrons. The summed E-state index contributed by atoms with van der Waals surface area (Å²) in [5.41, 5.74) is 4.14. The number of hydrogen-bond donors (Lipinski definition) is 2. The molecule has 4 aromatic rings. The molecule has 0 saturated carbocycles. The highest BCUT2D eigenvalue weighted by molar-refractivity contribution is 7.14. The molecule has 10 heteroatoms. The third-order valence-corrected chi connectivity index (χ3v) is 7.02. The zero-order chi connectivity index (χ0) is 28.3. The molecule has 0 spiro atoms. The molecular formula is C30H29N5O4S. The lowest BCUT2D eigenvalue weighted by atomic mass is 10.00. The molecule has 1 atom stereocenters. The lowest BCUT2D eigenvalue weighted by molar-refractivity contribution is -0.123. The number of rotatable bonds is 6. The number of nitrogens with one attached hydrogen (secondary N) is 2. The third-order valence-electron chi connectivity index (χ3n) is 6.27. The summed E-state index contributed by atoms with van der Waals surface area (Å²) < 4.78 is 5.25. The molecule has 1 fully saturated rings. The summed E-state index contributed by atoms with van der Waals surface area (Å²) in [5, 5.41) is 7.89. The molecule has 1 aliphatic rings. The summed E-state index contributed by atoms with van der Waals surface area (Å²) in [6.45, 7) is 5.83. The number of ether oxygens (including phenoxy) is 1. The summed E-state index contributed by atoms with van der Waals surface area (Å²) in [6.07, 6.45) is 3.51. The zero-order valence-electron chi connectivity index (χ0n) is 22.4. The van der Waals surface area contributed by atoms with Crippen molar-refractivity contribution in [2.45, 2.75) is 38.8 Å². The Kier molecular flexibility index (Phi) is 7.61. The van der Waals surface area contributed by atoms with Gasteiger partial charge in [0, 0.05) is 41.1 Å². The van der Waals surface area contributed by atoms with Crippen LogP contribution in [0.25, 0.3) is 22.4 Å². The van der Waals surface area contributed by atoms with Crippen molar-refractivity contribution in [2.24, 2.45) is 0 Å². The molecule has 3 amide bonds. The smallest absolute Gasteiger partial charge is 0.412 e. The third kappa shape index (κ3) is 6.35. The van der Waals surface area contributed by atoms with E-state index in [2.05, 4.69) is 26.7 Å². The van der Waals surface area contributed by atoms with E-state index in [4.69, 9.17) is 4.74 Å². The van der Waals surface area contributed by atoms with Gasteiger partial charge in [-0.2, -0.15) is 0 Å². The first-order valence-corrected chi connectivity index (χ1v) is 13.7. The van der Waals surface area contributed by atoms with Gasteiger partial charge in [0.1, 0.15) is 11.6 Å². The number of thiazole rings is 1. The Morgan fingerprint density at radius 3 is 2.35 bits per heavy atom. The topological polar surface area (TPSA) is 114 Å². The molecule has 3 heterocycles. The molecule has 1 saturated heterocycles. The highest BCUT2D eigenvalue weighted by atomic mass is 32.1. The molecule has 0 aliphatic carbocycles. The second-order valence-electron chi connectivity index (χ2n) is 10.4. The zero-order valence-corrected chi connectivity index (χ0v) is 23.2. The highest BCUT2D eigenvalue weighted by Gasteiger charge is 2.38. The van der Waals surface area contributed by atoms with Gasteiger partial charge >= 0.3 is 6.09 Å². The molecular weight excluding hydrogens is 526 g/mol. The fourth-order valence-electron chi connectivity index (χ4n) is 4.24. The number of pyridine rings is 1. The second kappa shape index (κ2) is 11.3. The quantitative estimate of drug-likeness (QED) is 0.298. The number of benzene rings is 2. The van der Waals surface area contributed by atoms with E-state index in [-0.39, 0.29) is 11.8 Å². The molecule has 9 nitrogen and oxygen atoms in total. The van der Waals surface area contributed by atoms with Gasteiger partial charge in [-0.25, -0.2) is 9.78 Å². The molecule has 2 N–H and O–H groups in total. The monoisotopic (exact) mass is 555 g/mol. The average molecular weight is 556 g/mol. The predicted octanol–water partition coefficient (Wildman–Crippen LogP) is 6.07. The predicted molar refractivity (Wildman–Crippen MR) is 155 cm³/mol. The van der Waals surface area contributed by atoms with Crippen LogP contribution in [-0.4, -0.2) is 51.0 Å². The van der Waals surface area contributed by atoms with Gasteiger partial charge in [-0.15, -0.1) is 11.3 Å². The number of amides is 3. The van der Waals surface area contributed by atoms with Crippen LogP contribution in [0.4, 0.5) is 15.6 Å². The Bertz CT molecular complexity index is 1530. The van der Waals surface area contributed by atoms with Gasteiger partial charge in [-0.3, -0.25) is 19.9 Å². The number of likely N-dealkylation sites (tertiary alicyclic amines) is 1. The summed E-state index contributed by atoms with van der Waals surface area (Å²) in [4.78, 5) is 48.3. The van der Waals surface area contributed by atoms with E-state index >= 15 is 0 Å². The molecule has 0 bridgehead atoms. The maximum Gasteiger partial charge on any atom is 0.412 e. The van der Waals surface area contributed by atoms with Crippen LogP contribution in [0.15, 0.2) is 78.4 Å². The van der Waals surface area contributed by atoms with E-state index in [1.807, 2.05) is 35.7 Å². The molecule has 2 aromatic carbocycles. The fraction of sp³-hybridized carbons (Fsp3) is 0.233. The summed E-state index contributed by atoms with van der Waals surface area (Å²) >= 11 is 1.34. The van der Waals surface area contributed by atoms with Gasteiger partial charge in [-0.05, 0) is 80.8 Å². The summed E-state index contributed by atoms with van der Waals surface area (Å²) in [6, 6.07) is 17.9. The highest BCUT2D eigenvalue weighted by Crippen LogP contribution is 2.30. The van der Waals surface area contributed by atoms with Crippen LogP contribution in [0.3, 0.4) is 0 Å². The van der Waals surface area contributed by atoms with Crippen molar-refractivity contribution in [1.82, 2.24) is 14.9 Å². The Hall–Kier alpha value is -4.57. The van der Waals surface area contributed by atoms with E-state index < -0.39 is 17.7 Å². The van der Waals surface area contributed by atoms with Gasteiger partial charge in [0.2, 0.25) is 5.91 Å². The van der Waals surface area contributed by atoms with E-state index in [9.17, 15) is 14.4 Å². The molecule has 2 aromatic heterocycles. The molecule has 5 rings (SSSR count). The SMILES string of the molecule is CC(C)(C)OC(=O)Nc1ccc(C(=O)N2CC[C@H]2C(=O)Nc2nc(-c3cccc(-c4ccncc4)c3)cs2)cc1. The average Bonchev–Trinajstić information content (AvgIpc) is 3.36. The minimum atomic E-state index is -0.612. The maximum absolute atomic E-state index is 13.1. The number of nitrogens with zero attached hydrogens (tertiary/aromatic N) is 3. The van der Waals surface area contributed by atoms with Gasteiger partial charge in [0.25, 0.3) is 5.91 Å². The van der Waals surface area contributed by atoms with Crippen molar-refractivity contribution in [3.63, 3.8) is 0 Å². The van der Waals surface area contributed by atoms with Crippen LogP contribution < -0.4 is 10.6 Å². The van der Waals surface area contributed by atoms with Crippen LogP contribution in [0.5, 0.6) is 0 Å². The van der Waals surface area contributed by atoms with Gasteiger partial charge < -0.3 is 15.0 Å². The van der Waals surface area contributed by atoms with Crippen molar-refractivity contribution in [3.8, 4) is 22.4 Å². The second-order valence-corrected chi connectivity index (χ2v) is 11.2. The first kappa shape index (κ1) is 27.0. The molecule has 1 aliphatic heterocycles. The minimum absolute atomic E-state index is 0.247. The van der Waals surface area contributed by atoms with Crippen molar-refractivity contribution < 1.29 is 19.1 Å². The summed E-state index contributed by atoms with van der Waals surface area (Å²) in [7, 11) is 0. The Morgan fingerprint density at radius 1 is 0.950 bits per heavy atom. The van der Waals surface area contributed by atoms with Crippen molar-refractivity contribution >= 4 is 40.1 Å². The number of carbonyl (C=O) groups excluding carboxylic acids is 3. The normalized spacial score (nSPS) is 14.7. The van der Waals surface area contributed by atoms with E-state index in [0.29, 0.717) is 29.3 Å². The van der Waals surface area contributed by atoms with Crippen LogP contribution >= 0.6 is 11.3 Å². The van der Waals surface area contributed by atoms with E-state index in [1.54, 1.807) is 62.3 Å². The van der Waals surface area contributed by atoms with Crippen LogP contribution in [0, 0.1) is 0 Å². The number of hydrogen-bond acceptors (Lipinski definition) is 7. The number of anilines is 2. The number of aromatic nitrogens is 2. The lowest BCUT2D eigenvalue weighted by Gasteiger charge is -2.39. The Labute approximate surface area is 236 Å². The van der Waals surface area contributed by atoms with E-state index in [0.717, 1.165) is 22.4 Å². The Morgan fingerprint density at radius 2 is 1.68 bits per heavy atom. The minimum Gasteiger partial charge on any atom is -0.444 e. The summed E-state index contributed by atoms with van der Waals surface area (Å²) in [5.74, 6) is -0.516. The standard InChI is InChI=1S/C30H29N5O4S/c1-30(2,3)39-29(38)32-23-9-7-20(8-10-23)27(37)35-16-13-25(35)26(36)34-28-33-24(18-40-28)22-6-4-5-21(17-22)19-11-14-31-15-12-19/h4-12,14-15,17-18,25H,13,16H2,1-3H3,(H,32,38)(H,33,34,36)/t25-/m0/s1. The maximum atomic E-state index is 13.1. The van der Waals surface area contributed by atoms with E-state index in [1.165, 1.54) is 11.3 Å². The first-order chi connectivity index (χ1) is 19.2. The van der Waals surface area contributed by atoms with Gasteiger partial charge in [0.15, 0.2) is 5.13 Å². The van der Waals surface area contributed by atoms with Crippen molar-refractivity contribution in [2.75, 3.05) is 17.2 Å². The van der Waals surface area contributed by atoms with Gasteiger partial charge in [0.05, 0.1) is 5.69 Å². The van der Waals surface area contributed by atoms with Crippen LogP contribution in [-0.2, 0) is 9.53 Å². The molecule has 0 unspecified atom stereocenters. The largest absolute Gasteiger partial charge is 0.444 e. The molecule has 0 radical (unpaired) electrons. The lowest BCUT2D eigenvalue weighted by Crippen LogP contribution is -2.56. The van der Waals surface area contributed by atoms with Crippen LogP contribution in [0.2, 0.25) is 0 Å². The van der Waals surface area contributed by atoms with Crippen LogP contribution in [0.1, 0.15) is 37.6 Å². The number of carbonyl (C=O) groups is 3. The van der Waals surface area contributed by atoms with Crippen molar-refractivity contribution in [1.29, 1.82) is 0 Å². The van der Waals surface area contributed by atoms with Crippen molar-refractivity contribution in [3.05, 3.63) is 84.0 Å². The fourth-order valence-corrected chi connectivity index (χ4v) is 4.96. The first-order valence-electron chi connectivity index (χ1n) is 12.8. The Balaban J connectivity index is 1.19. The van der Waals surface area contributed by atoms with Gasteiger partial charge in [-0.1, -0.05) is 18.2 Å². The molecule has 40 heavy (non-hydrogen) atoms.